The van der Waals surface area contributed by atoms with Gasteiger partial charge in [-0.2, -0.15) is 0 Å². The second-order valence-electron chi connectivity index (χ2n) is 7.54. The van der Waals surface area contributed by atoms with Gasteiger partial charge in [0, 0.05) is 6.61 Å². The largest absolute Gasteiger partial charge is 0.504 e. The number of phenolic OH excluding ortho intramolecular Hbond substituents is 2. The van der Waals surface area contributed by atoms with Gasteiger partial charge < -0.3 is 35.9 Å². The maximum absolute atomic E-state index is 11.0. The van der Waals surface area contributed by atoms with E-state index in [2.05, 4.69) is 5.18 Å². The SMILES string of the molecule is C.COc1cc([C@H]2OC[C@]3(N)[C@@H](c4ccc(O)c(O)c4)OCC[C@]23N)ccc1N=O. The summed E-state index contributed by atoms with van der Waals surface area (Å²) in [5.74, 6) is -0.169. The first-order chi connectivity index (χ1) is 13.8. The average molecular weight is 417 g/mol. The number of benzene rings is 2. The van der Waals surface area contributed by atoms with Crippen LogP contribution < -0.4 is 16.2 Å². The Bertz CT molecular complexity index is 954. The third-order valence-electron chi connectivity index (χ3n) is 6.00. The third kappa shape index (κ3) is 3.10. The van der Waals surface area contributed by atoms with E-state index in [1.54, 1.807) is 24.3 Å². The average Bonchev–Trinajstić information content (AvgIpc) is 3.00. The van der Waals surface area contributed by atoms with E-state index >= 15 is 0 Å². The quantitative estimate of drug-likeness (QED) is 0.438. The van der Waals surface area contributed by atoms with E-state index in [0.29, 0.717) is 24.3 Å². The fourth-order valence-electron chi connectivity index (χ4n) is 4.35. The van der Waals surface area contributed by atoms with Gasteiger partial charge in [-0.05, 0) is 47.0 Å². The number of nitrogens with two attached hydrogens (primary N) is 2. The smallest absolute Gasteiger partial charge is 0.157 e. The first kappa shape index (κ1) is 22.0. The summed E-state index contributed by atoms with van der Waals surface area (Å²) in [5, 5.41) is 22.5. The Morgan fingerprint density at radius 1 is 1.03 bits per heavy atom. The lowest BCUT2D eigenvalue weighted by Crippen LogP contribution is -2.71. The Labute approximate surface area is 174 Å². The number of nitroso groups, excluding NO2 is 1. The Morgan fingerprint density at radius 3 is 2.37 bits per heavy atom. The number of fused-ring (bicyclic) bond motifs is 1. The Balaban J connectivity index is 0.00000256. The highest BCUT2D eigenvalue weighted by Gasteiger charge is 2.63. The lowest BCUT2D eigenvalue weighted by Gasteiger charge is -2.49. The van der Waals surface area contributed by atoms with Crippen molar-refractivity contribution in [2.45, 2.75) is 37.1 Å². The molecule has 9 nitrogen and oxygen atoms in total. The minimum absolute atomic E-state index is 0. The van der Waals surface area contributed by atoms with Gasteiger partial charge in [0.2, 0.25) is 0 Å². The topological polar surface area (TPSA) is 150 Å². The number of hydrogen-bond acceptors (Lipinski definition) is 9. The monoisotopic (exact) mass is 417 g/mol. The van der Waals surface area contributed by atoms with Crippen molar-refractivity contribution in [3.8, 4) is 17.2 Å². The van der Waals surface area contributed by atoms with Crippen LogP contribution in [0.15, 0.2) is 41.6 Å². The molecule has 0 saturated carbocycles. The Kier molecular flexibility index (Phi) is 5.74. The van der Waals surface area contributed by atoms with E-state index < -0.39 is 23.3 Å². The Morgan fingerprint density at radius 2 is 1.70 bits per heavy atom. The van der Waals surface area contributed by atoms with Gasteiger partial charge in [-0.15, -0.1) is 4.91 Å². The lowest BCUT2D eigenvalue weighted by molar-refractivity contribution is -0.0735. The van der Waals surface area contributed by atoms with Crippen molar-refractivity contribution in [1.82, 2.24) is 0 Å². The van der Waals surface area contributed by atoms with Crippen LogP contribution in [0.2, 0.25) is 0 Å². The van der Waals surface area contributed by atoms with Gasteiger partial charge >= 0.3 is 0 Å². The summed E-state index contributed by atoms with van der Waals surface area (Å²) in [6.07, 6.45) is -0.750. The number of nitrogens with zero attached hydrogens (tertiary/aromatic N) is 1. The molecule has 0 spiro atoms. The van der Waals surface area contributed by atoms with E-state index in [-0.39, 0.29) is 31.2 Å². The van der Waals surface area contributed by atoms with Crippen LogP contribution in [-0.2, 0) is 9.47 Å². The van der Waals surface area contributed by atoms with Crippen molar-refractivity contribution < 1.29 is 24.4 Å². The van der Waals surface area contributed by atoms with Crippen LogP contribution in [0.1, 0.15) is 37.2 Å². The first-order valence-corrected chi connectivity index (χ1v) is 9.18. The van der Waals surface area contributed by atoms with Crippen LogP contribution in [0.25, 0.3) is 0 Å². The van der Waals surface area contributed by atoms with Crippen LogP contribution >= 0.6 is 0 Å². The molecule has 0 radical (unpaired) electrons. The van der Waals surface area contributed by atoms with Crippen LogP contribution in [-0.4, -0.2) is 41.6 Å². The molecule has 0 amide bonds. The molecule has 9 heteroatoms. The van der Waals surface area contributed by atoms with Crippen LogP contribution in [0.3, 0.4) is 0 Å². The summed E-state index contributed by atoms with van der Waals surface area (Å²) in [7, 11) is 1.45. The summed E-state index contributed by atoms with van der Waals surface area (Å²) < 4.78 is 17.3. The molecule has 2 heterocycles. The standard InChI is InChI=1S/C20H23N3O6.CH4/c1-27-16-9-12(2-4-13(16)23-26)17-19(21)6-7-28-18(20(19,22)10-29-17)11-3-5-14(24)15(25)8-11;/h2-5,8-9,17-18,24-25H,6-7,10,21-22H2,1H3;1H4/t17-,18-,19+,20+;/m1./s1. The molecule has 2 aliphatic rings. The minimum atomic E-state index is -1.09. The molecule has 0 unspecified atom stereocenters. The maximum atomic E-state index is 11.0. The highest BCUT2D eigenvalue weighted by molar-refractivity contribution is 5.54. The number of aromatic hydroxyl groups is 2. The predicted molar refractivity (Wildman–Crippen MR) is 111 cm³/mol. The molecule has 2 aliphatic heterocycles. The van der Waals surface area contributed by atoms with E-state index in [1.165, 1.54) is 19.2 Å². The molecular formula is C21H27N3O6. The van der Waals surface area contributed by atoms with E-state index in [9.17, 15) is 15.1 Å². The highest BCUT2D eigenvalue weighted by Crippen LogP contribution is 2.53. The number of rotatable bonds is 4. The molecule has 0 aliphatic carbocycles. The highest BCUT2D eigenvalue weighted by atomic mass is 16.5. The second kappa shape index (κ2) is 7.84. The van der Waals surface area contributed by atoms with Crippen LogP contribution in [0.4, 0.5) is 5.69 Å². The number of methoxy groups -OCH3 is 1. The van der Waals surface area contributed by atoms with Gasteiger partial charge in [0.1, 0.15) is 23.6 Å². The van der Waals surface area contributed by atoms with Crippen molar-refractivity contribution in [1.29, 1.82) is 0 Å². The molecule has 30 heavy (non-hydrogen) atoms. The predicted octanol–water partition coefficient (Wildman–Crippen LogP) is 2.77. The molecule has 2 aromatic rings. The van der Waals surface area contributed by atoms with Crippen molar-refractivity contribution >= 4 is 5.69 Å². The number of hydrogen-bond donors (Lipinski definition) is 4. The Hall–Kier alpha value is -2.72. The molecule has 6 N–H and O–H groups in total. The zero-order valence-electron chi connectivity index (χ0n) is 15.9. The summed E-state index contributed by atoms with van der Waals surface area (Å²) >= 11 is 0. The normalized spacial score (nSPS) is 30.2. The van der Waals surface area contributed by atoms with Gasteiger partial charge in [0.25, 0.3) is 0 Å². The van der Waals surface area contributed by atoms with Gasteiger partial charge in [0.15, 0.2) is 11.5 Å². The third-order valence-corrected chi connectivity index (χ3v) is 6.00. The second-order valence-corrected chi connectivity index (χ2v) is 7.54. The molecule has 0 aromatic heterocycles. The fraction of sp³-hybridized carbons (Fsp3) is 0.429. The van der Waals surface area contributed by atoms with Gasteiger partial charge in [-0.1, -0.05) is 19.6 Å². The molecule has 2 saturated heterocycles. The molecule has 162 valence electrons. The maximum Gasteiger partial charge on any atom is 0.157 e. The fourth-order valence-corrected chi connectivity index (χ4v) is 4.35. The zero-order chi connectivity index (χ0) is 20.8. The van der Waals surface area contributed by atoms with Gasteiger partial charge in [0.05, 0.1) is 24.8 Å². The van der Waals surface area contributed by atoms with Gasteiger partial charge in [-0.25, -0.2) is 0 Å². The molecule has 2 aromatic carbocycles. The summed E-state index contributed by atoms with van der Waals surface area (Å²) in [6.45, 7) is 0.462. The van der Waals surface area contributed by atoms with Crippen molar-refractivity contribution in [2.24, 2.45) is 16.6 Å². The van der Waals surface area contributed by atoms with Crippen molar-refractivity contribution in [3.05, 3.63) is 52.4 Å². The van der Waals surface area contributed by atoms with Crippen LogP contribution in [0.5, 0.6) is 17.2 Å². The van der Waals surface area contributed by atoms with Crippen molar-refractivity contribution in [2.75, 3.05) is 20.3 Å². The summed E-state index contributed by atoms with van der Waals surface area (Å²) in [4.78, 5) is 11.0. The summed E-state index contributed by atoms with van der Waals surface area (Å²) in [6, 6.07) is 9.40. The summed E-state index contributed by atoms with van der Waals surface area (Å²) in [5.41, 5.74) is 13.1. The van der Waals surface area contributed by atoms with E-state index in [4.69, 9.17) is 25.7 Å². The minimum Gasteiger partial charge on any atom is -0.504 e. The first-order valence-electron chi connectivity index (χ1n) is 9.18. The number of phenols is 2. The molecule has 2 fully saturated rings. The lowest BCUT2D eigenvalue weighted by atomic mass is 9.67. The zero-order valence-corrected chi connectivity index (χ0v) is 15.9. The number of ether oxygens (including phenoxy) is 3. The van der Waals surface area contributed by atoms with Crippen molar-refractivity contribution in [3.63, 3.8) is 0 Å². The molecule has 4 rings (SSSR count). The van der Waals surface area contributed by atoms with E-state index in [1.807, 2.05) is 0 Å². The van der Waals surface area contributed by atoms with Crippen LogP contribution in [0, 0.1) is 4.91 Å². The molecule has 4 atom stereocenters. The van der Waals surface area contributed by atoms with E-state index in [0.717, 1.165) is 5.56 Å². The molecular weight excluding hydrogens is 390 g/mol. The van der Waals surface area contributed by atoms with Gasteiger partial charge in [-0.3, -0.25) is 0 Å². The molecule has 0 bridgehead atoms.